The molecule has 22 heavy (non-hydrogen) atoms. The zero-order valence-electron chi connectivity index (χ0n) is 13.3. The summed E-state index contributed by atoms with van der Waals surface area (Å²) in [6, 6.07) is 1.76. The predicted molar refractivity (Wildman–Crippen MR) is 87.4 cm³/mol. The first-order valence-electron chi connectivity index (χ1n) is 7.76. The molecule has 120 valence electrons. The monoisotopic (exact) mass is 322 g/mol. The van der Waals surface area contributed by atoms with E-state index < -0.39 is 0 Å². The second-order valence-electron chi connectivity index (χ2n) is 6.10. The van der Waals surface area contributed by atoms with Gasteiger partial charge in [-0.15, -0.1) is 0 Å². The van der Waals surface area contributed by atoms with E-state index in [0.717, 1.165) is 30.5 Å². The van der Waals surface area contributed by atoms with E-state index in [9.17, 15) is 4.79 Å². The van der Waals surface area contributed by atoms with Gasteiger partial charge < -0.3 is 14.3 Å². The molecule has 1 aromatic rings. The Labute approximate surface area is 134 Å². The fraction of sp³-hybridized carbons (Fsp3) is 0.667. The summed E-state index contributed by atoms with van der Waals surface area (Å²) in [5, 5.41) is 5.66. The molecule has 0 bridgehead atoms. The molecule has 0 radical (unpaired) electrons. The molecular weight excluding hydrogens is 300 g/mol. The highest BCUT2D eigenvalue weighted by molar-refractivity contribution is 8.14. The van der Waals surface area contributed by atoms with Crippen molar-refractivity contribution in [1.29, 1.82) is 0 Å². The van der Waals surface area contributed by atoms with Crippen molar-refractivity contribution in [3.05, 3.63) is 17.5 Å². The standard InChI is InChI=1S/C15H22N4O2S/c1-10(2)12-8-13(21-17-12)14(20)18-4-6-19(7-5-18)15-16-9-11(3)22-15/h8,10-11H,4-7,9H2,1-3H3/t11-/m0/s1. The van der Waals surface area contributed by atoms with Gasteiger partial charge in [-0.1, -0.05) is 37.7 Å². The summed E-state index contributed by atoms with van der Waals surface area (Å²) in [6.45, 7) is 10.2. The summed E-state index contributed by atoms with van der Waals surface area (Å²) in [6.07, 6.45) is 0. The third-order valence-electron chi connectivity index (χ3n) is 3.96. The topological polar surface area (TPSA) is 61.9 Å². The number of thioether (sulfide) groups is 1. The molecule has 1 atom stereocenters. The summed E-state index contributed by atoms with van der Waals surface area (Å²) < 4.78 is 5.20. The number of aliphatic imine (C=N–C) groups is 1. The van der Waals surface area contributed by atoms with Gasteiger partial charge in [0.1, 0.15) is 0 Å². The molecule has 7 heteroatoms. The maximum atomic E-state index is 12.5. The Morgan fingerprint density at radius 2 is 2.09 bits per heavy atom. The molecular formula is C15H22N4O2S. The lowest BCUT2D eigenvalue weighted by molar-refractivity contribution is 0.0652. The van der Waals surface area contributed by atoms with Gasteiger partial charge in [-0.05, 0) is 5.92 Å². The average Bonchev–Trinajstić information content (AvgIpc) is 3.16. The Hall–Kier alpha value is -1.50. The molecule has 3 rings (SSSR count). The van der Waals surface area contributed by atoms with E-state index in [1.165, 1.54) is 0 Å². The quantitative estimate of drug-likeness (QED) is 0.834. The molecule has 0 aromatic carbocycles. The highest BCUT2D eigenvalue weighted by Crippen LogP contribution is 2.24. The van der Waals surface area contributed by atoms with Crippen LogP contribution < -0.4 is 0 Å². The van der Waals surface area contributed by atoms with Gasteiger partial charge in [0.25, 0.3) is 5.91 Å². The summed E-state index contributed by atoms with van der Waals surface area (Å²) in [5.41, 5.74) is 0.827. The van der Waals surface area contributed by atoms with Crippen molar-refractivity contribution in [3.8, 4) is 0 Å². The average molecular weight is 322 g/mol. The molecule has 6 nitrogen and oxygen atoms in total. The number of hydrogen-bond acceptors (Lipinski definition) is 6. The molecule has 0 unspecified atom stereocenters. The van der Waals surface area contributed by atoms with Crippen LogP contribution in [0.5, 0.6) is 0 Å². The van der Waals surface area contributed by atoms with Gasteiger partial charge in [-0.3, -0.25) is 9.79 Å². The second-order valence-corrected chi connectivity index (χ2v) is 7.51. The lowest BCUT2D eigenvalue weighted by Crippen LogP contribution is -2.49. The lowest BCUT2D eigenvalue weighted by Gasteiger charge is -2.35. The van der Waals surface area contributed by atoms with E-state index in [1.807, 2.05) is 30.5 Å². The third-order valence-corrected chi connectivity index (χ3v) is 5.11. The van der Waals surface area contributed by atoms with E-state index in [2.05, 4.69) is 22.0 Å². The Balaban J connectivity index is 1.57. The molecule has 2 aliphatic heterocycles. The smallest absolute Gasteiger partial charge is 0.292 e. The van der Waals surface area contributed by atoms with Crippen molar-refractivity contribution in [2.24, 2.45) is 4.99 Å². The minimum absolute atomic E-state index is 0.0616. The second kappa shape index (κ2) is 6.32. The highest BCUT2D eigenvalue weighted by atomic mass is 32.2. The van der Waals surface area contributed by atoms with Crippen molar-refractivity contribution < 1.29 is 9.32 Å². The van der Waals surface area contributed by atoms with Crippen molar-refractivity contribution in [2.75, 3.05) is 32.7 Å². The molecule has 0 aliphatic carbocycles. The fourth-order valence-electron chi connectivity index (χ4n) is 2.55. The summed E-state index contributed by atoms with van der Waals surface area (Å²) in [4.78, 5) is 21.1. The minimum atomic E-state index is -0.0616. The number of rotatable bonds is 2. The summed E-state index contributed by atoms with van der Waals surface area (Å²) in [7, 11) is 0. The van der Waals surface area contributed by atoms with E-state index in [-0.39, 0.29) is 11.8 Å². The molecule has 1 fully saturated rings. The van der Waals surface area contributed by atoms with Gasteiger partial charge in [0.05, 0.1) is 12.2 Å². The van der Waals surface area contributed by atoms with Crippen LogP contribution in [0.3, 0.4) is 0 Å². The van der Waals surface area contributed by atoms with Crippen molar-refractivity contribution in [1.82, 2.24) is 15.0 Å². The first kappa shape index (κ1) is 15.4. The van der Waals surface area contributed by atoms with Gasteiger partial charge >= 0.3 is 0 Å². The minimum Gasteiger partial charge on any atom is -0.351 e. The van der Waals surface area contributed by atoms with Gasteiger partial charge in [-0.25, -0.2) is 0 Å². The Morgan fingerprint density at radius 1 is 1.36 bits per heavy atom. The van der Waals surface area contributed by atoms with Crippen LogP contribution in [0.15, 0.2) is 15.6 Å². The molecule has 0 spiro atoms. The molecule has 1 amide bonds. The van der Waals surface area contributed by atoms with Crippen LogP contribution in [0.2, 0.25) is 0 Å². The first-order chi connectivity index (χ1) is 10.5. The maximum Gasteiger partial charge on any atom is 0.292 e. The maximum absolute atomic E-state index is 12.5. The zero-order chi connectivity index (χ0) is 15.7. The van der Waals surface area contributed by atoms with E-state index in [4.69, 9.17) is 4.52 Å². The van der Waals surface area contributed by atoms with Crippen LogP contribution in [0, 0.1) is 0 Å². The number of hydrogen-bond donors (Lipinski definition) is 0. The number of nitrogens with zero attached hydrogens (tertiary/aromatic N) is 4. The number of aromatic nitrogens is 1. The fourth-order valence-corrected chi connectivity index (χ4v) is 3.54. The lowest BCUT2D eigenvalue weighted by atomic mass is 10.1. The van der Waals surface area contributed by atoms with Crippen molar-refractivity contribution in [3.63, 3.8) is 0 Å². The largest absolute Gasteiger partial charge is 0.351 e. The Kier molecular flexibility index (Phi) is 4.42. The van der Waals surface area contributed by atoms with Gasteiger partial charge in [0.15, 0.2) is 5.17 Å². The van der Waals surface area contributed by atoms with E-state index >= 15 is 0 Å². The number of amides is 1. The third kappa shape index (κ3) is 3.14. The Bertz CT molecular complexity index is 576. The molecule has 2 aliphatic rings. The van der Waals surface area contributed by atoms with Crippen LogP contribution in [-0.4, -0.2) is 64.0 Å². The van der Waals surface area contributed by atoms with Crippen molar-refractivity contribution in [2.45, 2.75) is 31.9 Å². The number of carbonyl (C=O) groups excluding carboxylic acids is 1. The van der Waals surface area contributed by atoms with Gasteiger partial charge in [-0.2, -0.15) is 0 Å². The number of piperazine rings is 1. The zero-order valence-corrected chi connectivity index (χ0v) is 14.1. The van der Waals surface area contributed by atoms with Crippen LogP contribution in [0.1, 0.15) is 42.9 Å². The van der Waals surface area contributed by atoms with Crippen LogP contribution >= 0.6 is 11.8 Å². The summed E-state index contributed by atoms with van der Waals surface area (Å²) >= 11 is 1.83. The summed E-state index contributed by atoms with van der Waals surface area (Å²) in [5.74, 6) is 0.549. The predicted octanol–water partition coefficient (Wildman–Crippen LogP) is 2.05. The molecule has 0 saturated carbocycles. The number of carbonyl (C=O) groups is 1. The SMILES string of the molecule is CC(C)c1cc(C(=O)N2CCN(C3=NC[C@H](C)S3)CC2)on1. The van der Waals surface area contributed by atoms with Crippen LogP contribution in [0.4, 0.5) is 0 Å². The van der Waals surface area contributed by atoms with Gasteiger partial charge in [0, 0.05) is 37.5 Å². The normalized spacial score (nSPS) is 22.4. The molecule has 3 heterocycles. The molecule has 1 saturated heterocycles. The molecule has 0 N–H and O–H groups in total. The first-order valence-corrected chi connectivity index (χ1v) is 8.64. The molecule has 1 aromatic heterocycles. The Morgan fingerprint density at radius 3 is 2.64 bits per heavy atom. The van der Waals surface area contributed by atoms with Crippen molar-refractivity contribution >= 4 is 22.8 Å². The van der Waals surface area contributed by atoms with E-state index in [1.54, 1.807) is 6.07 Å². The van der Waals surface area contributed by atoms with E-state index in [0.29, 0.717) is 24.1 Å². The highest BCUT2D eigenvalue weighted by Gasteiger charge is 2.28. The van der Waals surface area contributed by atoms with Gasteiger partial charge in [0.2, 0.25) is 5.76 Å². The van der Waals surface area contributed by atoms with Crippen LogP contribution in [-0.2, 0) is 0 Å². The number of amidine groups is 1. The van der Waals surface area contributed by atoms with Crippen LogP contribution in [0.25, 0.3) is 0 Å².